The quantitative estimate of drug-likeness (QED) is 0.608. The third kappa shape index (κ3) is 3.37. The predicted octanol–water partition coefficient (Wildman–Crippen LogP) is 3.84. The van der Waals surface area contributed by atoms with Gasteiger partial charge in [-0.3, -0.25) is 0 Å². The number of fused-ring (bicyclic) bond motifs is 1. The van der Waals surface area contributed by atoms with Gasteiger partial charge in [0.05, 0.1) is 13.7 Å². The van der Waals surface area contributed by atoms with Crippen molar-refractivity contribution < 1.29 is 23.7 Å². The zero-order valence-corrected chi connectivity index (χ0v) is 15.7. The second kappa shape index (κ2) is 6.99. The molecule has 1 fully saturated rings. The smallest absolute Gasteiger partial charge is 0.334 e. The number of esters is 1. The number of hydrogen-bond acceptors (Lipinski definition) is 5. The van der Waals surface area contributed by atoms with Crippen LogP contribution >= 0.6 is 0 Å². The normalized spacial score (nSPS) is 19.4. The number of benzene rings is 2. The van der Waals surface area contributed by atoms with Crippen LogP contribution in [0.2, 0.25) is 0 Å². The summed E-state index contributed by atoms with van der Waals surface area (Å²) >= 11 is 0. The maximum absolute atomic E-state index is 12.3. The van der Waals surface area contributed by atoms with Gasteiger partial charge < -0.3 is 18.9 Å². The highest BCUT2D eigenvalue weighted by molar-refractivity contribution is 5.96. The second-order valence-corrected chi connectivity index (χ2v) is 6.95. The first-order valence-electron chi connectivity index (χ1n) is 8.97. The Kier molecular flexibility index (Phi) is 4.52. The van der Waals surface area contributed by atoms with Crippen molar-refractivity contribution >= 4 is 12.0 Å². The van der Waals surface area contributed by atoms with E-state index in [0.29, 0.717) is 18.6 Å². The summed E-state index contributed by atoms with van der Waals surface area (Å²) in [6, 6.07) is 9.91. The molecule has 1 unspecified atom stereocenters. The van der Waals surface area contributed by atoms with Gasteiger partial charge in [0.2, 0.25) is 6.79 Å². The summed E-state index contributed by atoms with van der Waals surface area (Å²) in [6.07, 6.45) is 2.62. The number of ether oxygens (including phenoxy) is 4. The molecule has 0 aliphatic carbocycles. The van der Waals surface area contributed by atoms with Gasteiger partial charge in [0, 0.05) is 11.5 Å². The van der Waals surface area contributed by atoms with Crippen molar-refractivity contribution in [2.24, 2.45) is 5.92 Å². The number of hydrogen-bond donors (Lipinski definition) is 0. The number of aryl methyl sites for hydroxylation is 1. The van der Waals surface area contributed by atoms with E-state index in [4.69, 9.17) is 18.9 Å². The van der Waals surface area contributed by atoms with Crippen LogP contribution in [0, 0.1) is 19.8 Å². The average Bonchev–Trinajstić information content (AvgIpc) is 3.25. The fourth-order valence-electron chi connectivity index (χ4n) is 3.54. The molecule has 0 spiro atoms. The minimum Gasteiger partial charge on any atom is -0.496 e. The van der Waals surface area contributed by atoms with Crippen LogP contribution in [0.15, 0.2) is 35.9 Å². The Morgan fingerprint density at radius 3 is 2.74 bits per heavy atom. The summed E-state index contributed by atoms with van der Waals surface area (Å²) in [7, 11) is 1.66. The summed E-state index contributed by atoms with van der Waals surface area (Å²) < 4.78 is 21.6. The summed E-state index contributed by atoms with van der Waals surface area (Å²) in [6.45, 7) is 4.71. The lowest BCUT2D eigenvalue weighted by atomic mass is 9.92. The highest BCUT2D eigenvalue weighted by Crippen LogP contribution is 2.35. The first-order valence-corrected chi connectivity index (χ1v) is 8.97. The second-order valence-electron chi connectivity index (χ2n) is 6.95. The van der Waals surface area contributed by atoms with Crippen molar-refractivity contribution in [2.45, 2.75) is 20.3 Å². The van der Waals surface area contributed by atoms with Crippen LogP contribution in [0.5, 0.6) is 17.2 Å². The van der Waals surface area contributed by atoms with Crippen molar-refractivity contribution in [3.8, 4) is 17.2 Å². The van der Waals surface area contributed by atoms with E-state index in [0.717, 1.165) is 39.5 Å². The lowest BCUT2D eigenvalue weighted by molar-refractivity contribution is -0.135. The van der Waals surface area contributed by atoms with Gasteiger partial charge in [0.1, 0.15) is 5.75 Å². The van der Waals surface area contributed by atoms with Gasteiger partial charge in [-0.2, -0.15) is 0 Å². The lowest BCUT2D eigenvalue weighted by Gasteiger charge is -2.11. The molecule has 27 heavy (non-hydrogen) atoms. The largest absolute Gasteiger partial charge is 0.496 e. The molecule has 0 amide bonds. The van der Waals surface area contributed by atoms with Crippen molar-refractivity contribution in [3.05, 3.63) is 58.2 Å². The molecule has 0 radical (unpaired) electrons. The van der Waals surface area contributed by atoms with E-state index in [1.54, 1.807) is 7.11 Å². The number of carbonyl (C=O) groups excluding carboxylic acids is 1. The molecule has 0 aromatic heterocycles. The Bertz CT molecular complexity index is 929. The monoisotopic (exact) mass is 366 g/mol. The lowest BCUT2D eigenvalue weighted by Crippen LogP contribution is -2.07. The molecule has 0 bridgehead atoms. The number of cyclic esters (lactones) is 1. The Balaban J connectivity index is 1.62. The van der Waals surface area contributed by atoms with Crippen LogP contribution < -0.4 is 14.2 Å². The predicted molar refractivity (Wildman–Crippen MR) is 101 cm³/mol. The highest BCUT2D eigenvalue weighted by Gasteiger charge is 2.31. The van der Waals surface area contributed by atoms with Gasteiger partial charge in [-0.15, -0.1) is 0 Å². The minimum atomic E-state index is -0.252. The topological polar surface area (TPSA) is 54.0 Å². The third-order valence-corrected chi connectivity index (χ3v) is 5.19. The van der Waals surface area contributed by atoms with Gasteiger partial charge in [-0.1, -0.05) is 12.1 Å². The molecule has 2 aromatic rings. The number of methoxy groups -OCH3 is 1. The van der Waals surface area contributed by atoms with E-state index in [1.807, 2.05) is 44.2 Å². The molecule has 1 atom stereocenters. The minimum absolute atomic E-state index is 0.00507. The molecule has 2 aliphatic rings. The molecule has 5 heteroatoms. The molecule has 5 nitrogen and oxygen atoms in total. The van der Waals surface area contributed by atoms with Crippen molar-refractivity contribution in [1.82, 2.24) is 0 Å². The maximum atomic E-state index is 12.3. The standard InChI is InChI=1S/C22H22O5/c1-13-6-16(10-20(24-3)14(13)2)8-18-17(11-25-22(18)23)7-15-4-5-19-21(9-15)27-12-26-19/h4-6,8-10,17H,7,11-12H2,1-3H3/b18-8+. The Hall–Kier alpha value is -2.95. The van der Waals surface area contributed by atoms with Crippen LogP contribution in [0.1, 0.15) is 22.3 Å². The van der Waals surface area contributed by atoms with Gasteiger partial charge in [0.25, 0.3) is 0 Å². The molecule has 140 valence electrons. The maximum Gasteiger partial charge on any atom is 0.334 e. The summed E-state index contributed by atoms with van der Waals surface area (Å²) in [4.78, 5) is 12.3. The van der Waals surface area contributed by atoms with E-state index in [-0.39, 0.29) is 18.7 Å². The van der Waals surface area contributed by atoms with Crippen molar-refractivity contribution in [1.29, 1.82) is 0 Å². The highest BCUT2D eigenvalue weighted by atomic mass is 16.7. The van der Waals surface area contributed by atoms with Gasteiger partial charge in [-0.05, 0) is 66.8 Å². The Morgan fingerprint density at radius 1 is 1.11 bits per heavy atom. The first-order chi connectivity index (χ1) is 13.0. The van der Waals surface area contributed by atoms with E-state index >= 15 is 0 Å². The molecule has 2 heterocycles. The van der Waals surface area contributed by atoms with Crippen molar-refractivity contribution in [3.63, 3.8) is 0 Å². The molecule has 0 N–H and O–H groups in total. The van der Waals surface area contributed by atoms with E-state index in [2.05, 4.69) is 6.07 Å². The van der Waals surface area contributed by atoms with Crippen LogP contribution in [-0.4, -0.2) is 26.5 Å². The van der Waals surface area contributed by atoms with Gasteiger partial charge in [0.15, 0.2) is 11.5 Å². The van der Waals surface area contributed by atoms with Crippen molar-refractivity contribution in [2.75, 3.05) is 20.5 Å². The van der Waals surface area contributed by atoms with E-state index < -0.39 is 0 Å². The van der Waals surface area contributed by atoms with E-state index in [1.165, 1.54) is 0 Å². The fourth-order valence-corrected chi connectivity index (χ4v) is 3.54. The molecule has 4 rings (SSSR count). The zero-order valence-electron chi connectivity index (χ0n) is 15.7. The van der Waals surface area contributed by atoms with Gasteiger partial charge in [-0.25, -0.2) is 4.79 Å². The van der Waals surface area contributed by atoms with E-state index in [9.17, 15) is 4.79 Å². The van der Waals surface area contributed by atoms with Crippen LogP contribution in [0.3, 0.4) is 0 Å². The number of rotatable bonds is 4. The zero-order chi connectivity index (χ0) is 19.0. The fraction of sp³-hybridized carbons (Fsp3) is 0.318. The first kappa shape index (κ1) is 17.5. The molecule has 2 aliphatic heterocycles. The van der Waals surface area contributed by atoms with Crippen LogP contribution in [0.4, 0.5) is 0 Å². The summed E-state index contributed by atoms with van der Waals surface area (Å²) in [5, 5.41) is 0. The molecular weight excluding hydrogens is 344 g/mol. The molecular formula is C22H22O5. The average molecular weight is 366 g/mol. The van der Waals surface area contributed by atoms with Crippen LogP contribution in [-0.2, 0) is 16.0 Å². The number of carbonyl (C=O) groups is 1. The van der Waals surface area contributed by atoms with Gasteiger partial charge >= 0.3 is 5.97 Å². The SMILES string of the molecule is COc1cc(/C=C2/C(=O)OCC2Cc2ccc3c(c2)OCO3)cc(C)c1C. The summed E-state index contributed by atoms with van der Waals surface area (Å²) in [5.74, 6) is 2.08. The molecule has 0 saturated carbocycles. The van der Waals surface area contributed by atoms with Crippen LogP contribution in [0.25, 0.3) is 6.08 Å². The third-order valence-electron chi connectivity index (χ3n) is 5.19. The molecule has 2 aromatic carbocycles. The Labute approximate surface area is 158 Å². The summed E-state index contributed by atoms with van der Waals surface area (Å²) in [5.41, 5.74) is 4.95. The molecule has 1 saturated heterocycles. The Morgan fingerprint density at radius 2 is 1.93 bits per heavy atom.